The van der Waals surface area contributed by atoms with Gasteiger partial charge in [0.2, 0.25) is 0 Å². The van der Waals surface area contributed by atoms with Crippen LogP contribution in [0.25, 0.3) is 0 Å². The Morgan fingerprint density at radius 1 is 1.20 bits per heavy atom. The van der Waals surface area contributed by atoms with Gasteiger partial charge in [-0.2, -0.15) is 0 Å². The van der Waals surface area contributed by atoms with E-state index in [1.165, 1.54) is 23.8 Å². The molecule has 0 aliphatic rings. The van der Waals surface area contributed by atoms with Gasteiger partial charge in [-0.25, -0.2) is 0 Å². The Morgan fingerprint density at radius 2 is 2.08 bits per heavy atom. The monoisotopic (exact) mass is 357 g/mol. The Bertz CT molecular complexity index is 846. The number of hydrogen-bond donors (Lipinski definition) is 3. The van der Waals surface area contributed by atoms with Crippen molar-refractivity contribution in [2.45, 2.75) is 12.6 Å². The van der Waals surface area contributed by atoms with Crippen LogP contribution in [0.2, 0.25) is 0 Å². The lowest BCUT2D eigenvalue weighted by Crippen LogP contribution is -2.34. The van der Waals surface area contributed by atoms with Crippen molar-refractivity contribution < 1.29 is 19.1 Å². The number of amides is 2. The molecular formula is C17H15N3O4S. The van der Waals surface area contributed by atoms with Gasteiger partial charge in [0.25, 0.3) is 0 Å². The highest BCUT2D eigenvalue weighted by Gasteiger charge is 2.17. The molecule has 0 spiro atoms. The Labute approximate surface area is 147 Å². The van der Waals surface area contributed by atoms with Crippen molar-refractivity contribution in [1.82, 2.24) is 10.3 Å². The second-order valence-corrected chi connectivity index (χ2v) is 6.30. The molecule has 2 amide bonds. The van der Waals surface area contributed by atoms with Crippen LogP contribution in [-0.2, 0) is 16.1 Å². The van der Waals surface area contributed by atoms with E-state index < -0.39 is 17.9 Å². The van der Waals surface area contributed by atoms with E-state index in [2.05, 4.69) is 15.6 Å². The molecule has 0 saturated heterocycles. The number of aliphatic hydroxyl groups excluding tert-OH is 1. The van der Waals surface area contributed by atoms with Crippen LogP contribution in [0, 0.1) is 0 Å². The molecule has 1 unspecified atom stereocenters. The third-order valence-corrected chi connectivity index (χ3v) is 4.45. The Kier molecular flexibility index (Phi) is 5.22. The summed E-state index contributed by atoms with van der Waals surface area (Å²) in [5.74, 6) is -1.06. The smallest absolute Gasteiger partial charge is 0.313 e. The van der Waals surface area contributed by atoms with Crippen LogP contribution < -0.4 is 10.6 Å². The first-order valence-corrected chi connectivity index (χ1v) is 8.24. The molecule has 0 aliphatic carbocycles. The molecule has 3 rings (SSSR count). The molecule has 0 bridgehead atoms. The molecule has 128 valence electrons. The van der Waals surface area contributed by atoms with E-state index in [-0.39, 0.29) is 6.54 Å². The molecule has 0 radical (unpaired) electrons. The fourth-order valence-electron chi connectivity index (χ4n) is 2.10. The van der Waals surface area contributed by atoms with Crippen molar-refractivity contribution in [3.05, 3.63) is 70.6 Å². The highest BCUT2D eigenvalue weighted by molar-refractivity contribution is 7.12. The minimum absolute atomic E-state index is 0.189. The minimum Gasteiger partial charge on any atom is -0.466 e. The Hall–Kier alpha value is -2.97. The molecule has 3 aromatic rings. The van der Waals surface area contributed by atoms with Crippen LogP contribution in [0.3, 0.4) is 0 Å². The number of hydrogen-bond acceptors (Lipinski definition) is 6. The lowest BCUT2D eigenvalue weighted by atomic mass is 10.2. The Morgan fingerprint density at radius 3 is 2.80 bits per heavy atom. The summed E-state index contributed by atoms with van der Waals surface area (Å²) in [7, 11) is 0. The maximum Gasteiger partial charge on any atom is 0.313 e. The molecule has 7 nitrogen and oxygen atoms in total. The van der Waals surface area contributed by atoms with Gasteiger partial charge in [-0.05, 0) is 36.4 Å². The number of carbonyl (C=O) groups is 2. The zero-order valence-electron chi connectivity index (χ0n) is 13.0. The van der Waals surface area contributed by atoms with Crippen molar-refractivity contribution in [1.29, 1.82) is 0 Å². The van der Waals surface area contributed by atoms with Crippen molar-refractivity contribution >= 4 is 28.8 Å². The number of carbonyl (C=O) groups excluding carboxylic acids is 2. The summed E-state index contributed by atoms with van der Waals surface area (Å²) in [6.07, 6.45) is 3.67. The Balaban J connectivity index is 1.53. The quantitative estimate of drug-likeness (QED) is 0.607. The normalized spacial score (nSPS) is 11.7. The van der Waals surface area contributed by atoms with Gasteiger partial charge in [-0.3, -0.25) is 14.6 Å². The molecule has 1 atom stereocenters. The van der Waals surface area contributed by atoms with Gasteiger partial charge in [0.1, 0.15) is 11.9 Å². The first-order valence-electron chi connectivity index (χ1n) is 7.43. The lowest BCUT2D eigenvalue weighted by Gasteiger charge is -2.05. The summed E-state index contributed by atoms with van der Waals surface area (Å²) >= 11 is 1.33. The molecule has 8 heteroatoms. The standard InChI is InChI=1S/C17H15N3O4S/c21-15(13-4-2-8-24-13)14-6-5-12(25-14)10-19-16(22)17(23)20-11-3-1-7-18-9-11/h1-9,15,21H,10H2,(H,19,22)(H,20,23). The predicted octanol–water partition coefficient (Wildman–Crippen LogP) is 2.07. The van der Waals surface area contributed by atoms with Crippen LogP contribution in [-0.4, -0.2) is 21.9 Å². The van der Waals surface area contributed by atoms with Gasteiger partial charge in [-0.1, -0.05) is 0 Å². The van der Waals surface area contributed by atoms with E-state index in [0.29, 0.717) is 16.3 Å². The number of anilines is 1. The summed E-state index contributed by atoms with van der Waals surface area (Å²) in [6.45, 7) is 0.189. The zero-order chi connectivity index (χ0) is 17.6. The summed E-state index contributed by atoms with van der Waals surface area (Å²) in [6, 6.07) is 10.2. The SMILES string of the molecule is O=C(NCc1ccc(C(O)c2ccco2)s1)C(=O)Nc1cccnc1. The zero-order valence-corrected chi connectivity index (χ0v) is 13.8. The van der Waals surface area contributed by atoms with Crippen LogP contribution in [0.4, 0.5) is 5.69 Å². The van der Waals surface area contributed by atoms with Gasteiger partial charge in [0.15, 0.2) is 0 Å². The van der Waals surface area contributed by atoms with E-state index in [1.54, 1.807) is 42.6 Å². The van der Waals surface area contributed by atoms with E-state index in [1.807, 2.05) is 0 Å². The molecule has 3 aromatic heterocycles. The third kappa shape index (κ3) is 4.31. The summed E-state index contributed by atoms with van der Waals surface area (Å²) < 4.78 is 5.17. The average molecular weight is 357 g/mol. The molecule has 25 heavy (non-hydrogen) atoms. The second-order valence-electron chi connectivity index (χ2n) is 5.10. The molecule has 0 aromatic carbocycles. The van der Waals surface area contributed by atoms with E-state index >= 15 is 0 Å². The maximum atomic E-state index is 11.8. The highest BCUT2D eigenvalue weighted by atomic mass is 32.1. The summed E-state index contributed by atoms with van der Waals surface area (Å²) in [5.41, 5.74) is 0.447. The van der Waals surface area contributed by atoms with Crippen LogP contribution in [0.1, 0.15) is 21.6 Å². The molecule has 3 heterocycles. The number of rotatable bonds is 5. The highest BCUT2D eigenvalue weighted by Crippen LogP contribution is 2.28. The van der Waals surface area contributed by atoms with Crippen LogP contribution >= 0.6 is 11.3 Å². The number of nitrogens with one attached hydrogen (secondary N) is 2. The first-order chi connectivity index (χ1) is 12.1. The molecule has 3 N–H and O–H groups in total. The van der Waals surface area contributed by atoms with E-state index in [4.69, 9.17) is 4.42 Å². The largest absolute Gasteiger partial charge is 0.466 e. The van der Waals surface area contributed by atoms with Crippen LogP contribution in [0.5, 0.6) is 0 Å². The van der Waals surface area contributed by atoms with Crippen molar-refractivity contribution in [3.8, 4) is 0 Å². The first kappa shape index (κ1) is 16.9. The molecule has 0 aliphatic heterocycles. The predicted molar refractivity (Wildman–Crippen MR) is 91.8 cm³/mol. The number of thiophene rings is 1. The van der Waals surface area contributed by atoms with Gasteiger partial charge in [0, 0.05) is 16.0 Å². The van der Waals surface area contributed by atoms with Crippen molar-refractivity contribution in [2.75, 3.05) is 5.32 Å². The second kappa shape index (κ2) is 7.73. The van der Waals surface area contributed by atoms with Crippen molar-refractivity contribution in [2.24, 2.45) is 0 Å². The maximum absolute atomic E-state index is 11.8. The fraction of sp³-hybridized carbons (Fsp3) is 0.118. The van der Waals surface area contributed by atoms with Gasteiger partial charge in [0.05, 0.1) is 24.7 Å². The van der Waals surface area contributed by atoms with Crippen molar-refractivity contribution in [3.63, 3.8) is 0 Å². The lowest BCUT2D eigenvalue weighted by molar-refractivity contribution is -0.136. The average Bonchev–Trinajstić information content (AvgIpc) is 3.32. The minimum atomic E-state index is -0.849. The molecular weight excluding hydrogens is 342 g/mol. The molecule has 0 saturated carbocycles. The summed E-state index contributed by atoms with van der Waals surface area (Å²) in [4.78, 5) is 29.0. The van der Waals surface area contributed by atoms with Crippen LogP contribution in [0.15, 0.2) is 59.5 Å². The van der Waals surface area contributed by atoms with E-state index in [9.17, 15) is 14.7 Å². The number of pyridine rings is 1. The topological polar surface area (TPSA) is 104 Å². The summed E-state index contributed by atoms with van der Waals surface area (Å²) in [5, 5.41) is 15.2. The number of nitrogens with zero attached hydrogens (tertiary/aromatic N) is 1. The van der Waals surface area contributed by atoms with E-state index in [0.717, 1.165) is 4.88 Å². The van der Waals surface area contributed by atoms with Gasteiger partial charge >= 0.3 is 11.8 Å². The number of aromatic nitrogens is 1. The number of furan rings is 1. The van der Waals surface area contributed by atoms with Gasteiger partial charge < -0.3 is 20.2 Å². The molecule has 0 fully saturated rings. The fourth-order valence-corrected chi connectivity index (χ4v) is 3.04. The third-order valence-electron chi connectivity index (χ3n) is 3.31. The number of aliphatic hydroxyl groups is 1. The van der Waals surface area contributed by atoms with Gasteiger partial charge in [-0.15, -0.1) is 11.3 Å².